The third-order valence-electron chi connectivity index (χ3n) is 4.42. The molecule has 3 aromatic rings. The second kappa shape index (κ2) is 6.90. The zero-order valence-corrected chi connectivity index (χ0v) is 16.0. The average molecular weight is 391 g/mol. The van der Waals surface area contributed by atoms with Gasteiger partial charge in [-0.05, 0) is 55.9 Å². The molecule has 25 heavy (non-hydrogen) atoms. The molecule has 1 aliphatic carbocycles. The lowest BCUT2D eigenvalue weighted by Crippen LogP contribution is -2.03. The predicted octanol–water partition coefficient (Wildman–Crippen LogP) is 5.71. The van der Waals surface area contributed by atoms with Crippen LogP contribution in [-0.2, 0) is 12.8 Å². The van der Waals surface area contributed by atoms with E-state index in [1.165, 1.54) is 23.3 Å². The lowest BCUT2D eigenvalue weighted by atomic mass is 9.97. The van der Waals surface area contributed by atoms with Crippen molar-refractivity contribution in [2.24, 2.45) is 5.10 Å². The van der Waals surface area contributed by atoms with Gasteiger partial charge in [-0.15, -0.1) is 11.3 Å². The summed E-state index contributed by atoms with van der Waals surface area (Å²) in [5.74, 6) is 0.767. The summed E-state index contributed by atoms with van der Waals surface area (Å²) in [6, 6.07) is 5.49. The van der Waals surface area contributed by atoms with E-state index in [0.29, 0.717) is 10.0 Å². The number of aryl methyl sites for hydroxylation is 2. The van der Waals surface area contributed by atoms with Crippen molar-refractivity contribution in [3.8, 4) is 0 Å². The van der Waals surface area contributed by atoms with Gasteiger partial charge in [0.05, 0.1) is 21.1 Å². The highest BCUT2D eigenvalue weighted by molar-refractivity contribution is 7.19. The molecule has 0 amide bonds. The Bertz CT molecular complexity index is 981. The minimum atomic E-state index is 0.519. The van der Waals surface area contributed by atoms with Crippen molar-refractivity contribution in [1.29, 1.82) is 0 Å². The molecule has 4 nitrogen and oxygen atoms in total. The van der Waals surface area contributed by atoms with E-state index in [-0.39, 0.29) is 0 Å². The first-order chi connectivity index (χ1) is 12.1. The van der Waals surface area contributed by atoms with Gasteiger partial charge >= 0.3 is 0 Å². The molecule has 7 heteroatoms. The number of hydrogen-bond acceptors (Lipinski definition) is 5. The molecule has 0 fully saturated rings. The van der Waals surface area contributed by atoms with E-state index in [9.17, 15) is 0 Å². The molecular weight excluding hydrogens is 375 g/mol. The summed E-state index contributed by atoms with van der Waals surface area (Å²) >= 11 is 13.8. The summed E-state index contributed by atoms with van der Waals surface area (Å²) in [5.41, 5.74) is 6.24. The molecule has 1 N–H and O–H groups in total. The molecule has 0 saturated heterocycles. The van der Waals surface area contributed by atoms with Crippen LogP contribution in [0.1, 0.15) is 35.8 Å². The minimum Gasteiger partial charge on any atom is -0.260 e. The maximum atomic E-state index is 6.09. The summed E-state index contributed by atoms with van der Waals surface area (Å²) < 4.78 is 0. The first-order valence-electron chi connectivity index (χ1n) is 8.14. The number of benzene rings is 1. The fraction of sp³-hybridized carbons (Fsp3) is 0.278. The zero-order chi connectivity index (χ0) is 17.4. The SMILES string of the molecule is C/C(=N\Nc1ncnc2sc3c(c12)CCCC3)c1ccc(Cl)c(Cl)c1. The largest absolute Gasteiger partial charge is 0.260 e. The minimum absolute atomic E-state index is 0.519. The van der Waals surface area contributed by atoms with Crippen molar-refractivity contribution in [3.63, 3.8) is 0 Å². The molecule has 0 unspecified atom stereocenters. The summed E-state index contributed by atoms with van der Waals surface area (Å²) in [5, 5.41) is 6.67. The average Bonchev–Trinajstić information content (AvgIpc) is 3.01. The molecule has 0 atom stereocenters. The van der Waals surface area contributed by atoms with E-state index >= 15 is 0 Å². The van der Waals surface area contributed by atoms with E-state index in [2.05, 4.69) is 20.5 Å². The molecule has 0 aliphatic heterocycles. The smallest absolute Gasteiger partial charge is 0.158 e. The predicted molar refractivity (Wildman–Crippen MR) is 106 cm³/mol. The summed E-state index contributed by atoms with van der Waals surface area (Å²) in [6.07, 6.45) is 6.30. The number of nitrogens with zero attached hydrogens (tertiary/aromatic N) is 3. The lowest BCUT2D eigenvalue weighted by Gasteiger charge is -2.11. The number of anilines is 1. The van der Waals surface area contributed by atoms with Crippen LogP contribution < -0.4 is 5.43 Å². The third-order valence-corrected chi connectivity index (χ3v) is 6.36. The molecule has 0 radical (unpaired) electrons. The van der Waals surface area contributed by atoms with Crippen molar-refractivity contribution >= 4 is 56.3 Å². The van der Waals surface area contributed by atoms with Crippen LogP contribution in [0.3, 0.4) is 0 Å². The number of fused-ring (bicyclic) bond motifs is 3. The maximum absolute atomic E-state index is 6.09. The molecule has 0 bridgehead atoms. The van der Waals surface area contributed by atoms with Crippen LogP contribution in [0.15, 0.2) is 29.6 Å². The lowest BCUT2D eigenvalue weighted by molar-refractivity contribution is 0.700. The van der Waals surface area contributed by atoms with Gasteiger partial charge in [-0.3, -0.25) is 5.43 Å². The molecular formula is C18H16Cl2N4S. The topological polar surface area (TPSA) is 50.2 Å². The van der Waals surface area contributed by atoms with Gasteiger partial charge < -0.3 is 0 Å². The summed E-state index contributed by atoms with van der Waals surface area (Å²) in [7, 11) is 0. The number of aromatic nitrogens is 2. The van der Waals surface area contributed by atoms with Crippen LogP contribution in [0.4, 0.5) is 5.82 Å². The monoisotopic (exact) mass is 390 g/mol. The van der Waals surface area contributed by atoms with Gasteiger partial charge in [-0.25, -0.2) is 9.97 Å². The Kier molecular flexibility index (Phi) is 4.63. The maximum Gasteiger partial charge on any atom is 0.158 e. The van der Waals surface area contributed by atoms with Gasteiger partial charge in [0.2, 0.25) is 0 Å². The first-order valence-corrected chi connectivity index (χ1v) is 9.71. The fourth-order valence-corrected chi connectivity index (χ4v) is 4.62. The Hall–Kier alpha value is -1.69. The Morgan fingerprint density at radius 1 is 1.16 bits per heavy atom. The Morgan fingerprint density at radius 2 is 2.00 bits per heavy atom. The number of hydrogen-bond donors (Lipinski definition) is 1. The normalized spacial score (nSPS) is 14.6. The molecule has 128 valence electrons. The highest BCUT2D eigenvalue weighted by atomic mass is 35.5. The fourth-order valence-electron chi connectivity index (χ4n) is 3.10. The third kappa shape index (κ3) is 3.24. The molecule has 4 rings (SSSR count). The summed E-state index contributed by atoms with van der Waals surface area (Å²) in [4.78, 5) is 11.3. The van der Waals surface area contributed by atoms with Crippen molar-refractivity contribution < 1.29 is 0 Å². The van der Waals surface area contributed by atoms with Crippen LogP contribution in [0.5, 0.6) is 0 Å². The molecule has 0 spiro atoms. The number of nitrogens with one attached hydrogen (secondary N) is 1. The Morgan fingerprint density at radius 3 is 2.84 bits per heavy atom. The highest BCUT2D eigenvalue weighted by Gasteiger charge is 2.19. The van der Waals surface area contributed by atoms with Gasteiger partial charge in [-0.2, -0.15) is 5.10 Å². The van der Waals surface area contributed by atoms with Gasteiger partial charge in [0.1, 0.15) is 11.2 Å². The number of rotatable bonds is 3. The van der Waals surface area contributed by atoms with E-state index in [0.717, 1.165) is 40.2 Å². The van der Waals surface area contributed by atoms with E-state index in [1.54, 1.807) is 23.7 Å². The van der Waals surface area contributed by atoms with Crippen molar-refractivity contribution in [1.82, 2.24) is 9.97 Å². The zero-order valence-electron chi connectivity index (χ0n) is 13.6. The molecule has 0 saturated carbocycles. The van der Waals surface area contributed by atoms with Gasteiger partial charge in [0.25, 0.3) is 0 Å². The number of halogens is 2. The Labute approximate surface area is 159 Å². The van der Waals surface area contributed by atoms with E-state index in [1.807, 2.05) is 19.1 Å². The summed E-state index contributed by atoms with van der Waals surface area (Å²) in [6.45, 7) is 1.92. The van der Waals surface area contributed by atoms with Crippen LogP contribution >= 0.6 is 34.5 Å². The second-order valence-electron chi connectivity index (χ2n) is 6.05. The van der Waals surface area contributed by atoms with Gasteiger partial charge in [0, 0.05) is 4.88 Å². The van der Waals surface area contributed by atoms with Crippen LogP contribution in [0.25, 0.3) is 10.2 Å². The van der Waals surface area contributed by atoms with Crippen molar-refractivity contribution in [2.45, 2.75) is 32.6 Å². The molecule has 1 aromatic carbocycles. The van der Waals surface area contributed by atoms with Crippen LogP contribution in [0.2, 0.25) is 10.0 Å². The van der Waals surface area contributed by atoms with Crippen LogP contribution in [-0.4, -0.2) is 15.7 Å². The molecule has 2 aromatic heterocycles. The quantitative estimate of drug-likeness (QED) is 0.459. The Balaban J connectivity index is 1.68. The highest BCUT2D eigenvalue weighted by Crippen LogP contribution is 2.38. The van der Waals surface area contributed by atoms with Gasteiger partial charge in [0.15, 0.2) is 5.82 Å². The number of hydrazone groups is 1. The molecule has 1 aliphatic rings. The van der Waals surface area contributed by atoms with Crippen LogP contribution in [0, 0.1) is 0 Å². The van der Waals surface area contributed by atoms with Crippen molar-refractivity contribution in [2.75, 3.05) is 5.43 Å². The van der Waals surface area contributed by atoms with Gasteiger partial charge in [-0.1, -0.05) is 29.3 Å². The second-order valence-corrected chi connectivity index (χ2v) is 7.95. The standard InChI is InChI=1S/C18H16Cl2N4S/c1-10(11-6-7-13(19)14(20)8-11)23-24-17-16-12-4-2-3-5-15(12)25-18(16)22-9-21-17/h6-9H,2-5H2,1H3,(H,21,22,24)/b23-10+. The number of thiophene rings is 1. The van der Waals surface area contributed by atoms with E-state index in [4.69, 9.17) is 23.2 Å². The molecule has 2 heterocycles. The first kappa shape index (κ1) is 16.8. The van der Waals surface area contributed by atoms with E-state index < -0.39 is 0 Å². The van der Waals surface area contributed by atoms with Crippen molar-refractivity contribution in [3.05, 3.63) is 50.6 Å².